The Hall–Kier alpha value is -3.59. The van der Waals surface area contributed by atoms with Crippen LogP contribution in [0.5, 0.6) is 0 Å². The molecule has 24 heavy (non-hydrogen) atoms. The average Bonchev–Trinajstić information content (AvgIpc) is 3.29. The lowest BCUT2D eigenvalue weighted by atomic mass is 10.0. The minimum Gasteiger partial charge on any atom is -0.361 e. The molecule has 0 atom stereocenters. The van der Waals surface area contributed by atoms with Crippen LogP contribution in [0.25, 0.3) is 22.0 Å². The van der Waals surface area contributed by atoms with Crippen molar-refractivity contribution < 1.29 is 0 Å². The Morgan fingerprint density at radius 1 is 1.17 bits per heavy atom. The first-order valence-electron chi connectivity index (χ1n) is 7.49. The summed E-state index contributed by atoms with van der Waals surface area (Å²) in [6, 6.07) is 8.29. The molecule has 4 aromatic rings. The predicted octanol–water partition coefficient (Wildman–Crippen LogP) is 3.88. The Kier molecular flexibility index (Phi) is 3.25. The standard InChI is InChI=1S/C18H14N6/c1-11-14-4-5-21-17(14)3-2-16(11)24-18-12(6-19)7-20-10-15(18)13-8-22-23-9-13/h2-5,7-10,21H,1H3,(H,20,24)(H,22,23). The minimum absolute atomic E-state index is 0.488. The summed E-state index contributed by atoms with van der Waals surface area (Å²) in [5.74, 6) is 0. The molecule has 0 fully saturated rings. The van der Waals surface area contributed by atoms with Gasteiger partial charge in [0.15, 0.2) is 0 Å². The maximum Gasteiger partial charge on any atom is 0.103 e. The lowest BCUT2D eigenvalue weighted by Gasteiger charge is -2.15. The van der Waals surface area contributed by atoms with Crippen molar-refractivity contribution in [3.05, 3.63) is 60.3 Å². The Morgan fingerprint density at radius 2 is 2.08 bits per heavy atom. The zero-order valence-corrected chi connectivity index (χ0v) is 13.0. The molecule has 6 heteroatoms. The molecule has 0 aliphatic carbocycles. The molecule has 3 heterocycles. The van der Waals surface area contributed by atoms with E-state index in [0.29, 0.717) is 5.56 Å². The molecule has 0 saturated heterocycles. The van der Waals surface area contributed by atoms with Gasteiger partial charge in [-0.25, -0.2) is 0 Å². The Balaban J connectivity index is 1.87. The average molecular weight is 314 g/mol. The van der Waals surface area contributed by atoms with Gasteiger partial charge in [0.2, 0.25) is 0 Å². The van der Waals surface area contributed by atoms with E-state index in [4.69, 9.17) is 0 Å². The second kappa shape index (κ2) is 5.56. The molecular weight excluding hydrogens is 300 g/mol. The van der Waals surface area contributed by atoms with Crippen LogP contribution in [-0.2, 0) is 0 Å². The third-order valence-electron chi connectivity index (χ3n) is 4.14. The third kappa shape index (κ3) is 2.20. The van der Waals surface area contributed by atoms with Crippen molar-refractivity contribution in [2.24, 2.45) is 0 Å². The topological polar surface area (TPSA) is 93.2 Å². The fourth-order valence-corrected chi connectivity index (χ4v) is 2.85. The maximum atomic E-state index is 9.47. The number of aryl methyl sites for hydroxylation is 1. The van der Waals surface area contributed by atoms with Crippen LogP contribution in [-0.4, -0.2) is 20.2 Å². The number of benzene rings is 1. The Bertz CT molecular complexity index is 1050. The zero-order valence-electron chi connectivity index (χ0n) is 13.0. The summed E-state index contributed by atoms with van der Waals surface area (Å²) in [4.78, 5) is 7.37. The first-order chi connectivity index (χ1) is 11.8. The molecule has 3 N–H and O–H groups in total. The molecule has 1 aromatic carbocycles. The van der Waals surface area contributed by atoms with Crippen LogP contribution >= 0.6 is 0 Å². The molecule has 0 bridgehead atoms. The first kappa shape index (κ1) is 14.0. The number of anilines is 2. The van der Waals surface area contributed by atoms with E-state index in [2.05, 4.69) is 38.5 Å². The van der Waals surface area contributed by atoms with Crippen molar-refractivity contribution in [3.63, 3.8) is 0 Å². The van der Waals surface area contributed by atoms with Crippen molar-refractivity contribution in [2.45, 2.75) is 6.92 Å². The van der Waals surface area contributed by atoms with Gasteiger partial charge in [0.05, 0.1) is 17.4 Å². The number of fused-ring (bicyclic) bond motifs is 1. The molecular formula is C18H14N6. The third-order valence-corrected chi connectivity index (χ3v) is 4.14. The van der Waals surface area contributed by atoms with Gasteiger partial charge < -0.3 is 10.3 Å². The number of aromatic amines is 2. The van der Waals surface area contributed by atoms with E-state index in [0.717, 1.165) is 39.0 Å². The Labute approximate surface area is 138 Å². The van der Waals surface area contributed by atoms with Crippen LogP contribution in [0.1, 0.15) is 11.1 Å². The van der Waals surface area contributed by atoms with Crippen molar-refractivity contribution >= 4 is 22.3 Å². The van der Waals surface area contributed by atoms with Crippen LogP contribution < -0.4 is 5.32 Å². The molecule has 0 spiro atoms. The summed E-state index contributed by atoms with van der Waals surface area (Å²) >= 11 is 0. The molecule has 0 saturated carbocycles. The minimum atomic E-state index is 0.488. The van der Waals surface area contributed by atoms with Gasteiger partial charge in [0.1, 0.15) is 6.07 Å². The van der Waals surface area contributed by atoms with E-state index < -0.39 is 0 Å². The predicted molar refractivity (Wildman–Crippen MR) is 92.9 cm³/mol. The molecule has 0 amide bonds. The molecule has 4 rings (SSSR count). The van der Waals surface area contributed by atoms with Gasteiger partial charge in [-0.05, 0) is 30.7 Å². The normalized spacial score (nSPS) is 10.7. The molecule has 0 aliphatic heterocycles. The van der Waals surface area contributed by atoms with Gasteiger partial charge in [-0.2, -0.15) is 10.4 Å². The molecule has 116 valence electrons. The van der Waals surface area contributed by atoms with E-state index >= 15 is 0 Å². The van der Waals surface area contributed by atoms with E-state index in [-0.39, 0.29) is 0 Å². The number of nitrogens with zero attached hydrogens (tertiary/aromatic N) is 3. The van der Waals surface area contributed by atoms with Crippen LogP contribution in [0.2, 0.25) is 0 Å². The van der Waals surface area contributed by atoms with Gasteiger partial charge in [-0.1, -0.05) is 0 Å². The van der Waals surface area contributed by atoms with E-state index in [1.807, 2.05) is 24.4 Å². The van der Waals surface area contributed by atoms with Crippen molar-refractivity contribution in [2.75, 3.05) is 5.32 Å². The van der Waals surface area contributed by atoms with Gasteiger partial charge >= 0.3 is 0 Å². The molecule has 3 aromatic heterocycles. The largest absolute Gasteiger partial charge is 0.361 e. The number of rotatable bonds is 3. The van der Waals surface area contributed by atoms with Gasteiger partial charge in [0, 0.05) is 52.5 Å². The summed E-state index contributed by atoms with van der Waals surface area (Å²) in [7, 11) is 0. The van der Waals surface area contributed by atoms with Gasteiger partial charge in [-0.3, -0.25) is 10.1 Å². The summed E-state index contributed by atoms with van der Waals surface area (Å²) in [5, 5.41) is 20.8. The number of nitrogens with one attached hydrogen (secondary N) is 3. The van der Waals surface area contributed by atoms with Crippen LogP contribution in [0.15, 0.2) is 49.2 Å². The molecule has 6 nitrogen and oxygen atoms in total. The van der Waals surface area contributed by atoms with Crippen LogP contribution in [0.3, 0.4) is 0 Å². The summed E-state index contributed by atoms with van der Waals surface area (Å²) < 4.78 is 0. The number of hydrogen-bond acceptors (Lipinski definition) is 4. The quantitative estimate of drug-likeness (QED) is 0.535. The highest BCUT2D eigenvalue weighted by molar-refractivity contribution is 5.91. The second-order valence-corrected chi connectivity index (χ2v) is 5.51. The molecule has 0 aliphatic rings. The monoisotopic (exact) mass is 314 g/mol. The number of nitriles is 1. The number of H-pyrrole nitrogens is 2. The van der Waals surface area contributed by atoms with Crippen LogP contribution in [0, 0.1) is 18.3 Å². The van der Waals surface area contributed by atoms with Crippen molar-refractivity contribution in [1.82, 2.24) is 20.2 Å². The smallest absolute Gasteiger partial charge is 0.103 e. The molecule has 0 radical (unpaired) electrons. The lowest BCUT2D eigenvalue weighted by molar-refractivity contribution is 1.09. The van der Waals surface area contributed by atoms with Crippen LogP contribution in [0.4, 0.5) is 11.4 Å². The van der Waals surface area contributed by atoms with Crippen molar-refractivity contribution in [3.8, 4) is 17.2 Å². The number of pyridine rings is 1. The summed E-state index contributed by atoms with van der Waals surface area (Å²) in [5.41, 5.74) is 6.08. The van der Waals surface area contributed by atoms with E-state index in [1.54, 1.807) is 24.8 Å². The first-order valence-corrected chi connectivity index (χ1v) is 7.49. The SMILES string of the molecule is Cc1c(Nc2c(C#N)cncc2-c2cn[nH]c2)ccc2[nH]ccc12. The summed E-state index contributed by atoms with van der Waals surface area (Å²) in [6.45, 7) is 2.06. The highest BCUT2D eigenvalue weighted by Crippen LogP contribution is 2.34. The maximum absolute atomic E-state index is 9.47. The highest BCUT2D eigenvalue weighted by atomic mass is 15.1. The summed E-state index contributed by atoms with van der Waals surface area (Å²) in [6.07, 6.45) is 8.72. The van der Waals surface area contributed by atoms with Gasteiger partial charge in [0.25, 0.3) is 0 Å². The Morgan fingerprint density at radius 3 is 2.88 bits per heavy atom. The number of hydrogen-bond donors (Lipinski definition) is 3. The highest BCUT2D eigenvalue weighted by Gasteiger charge is 2.14. The van der Waals surface area contributed by atoms with E-state index in [1.165, 1.54) is 0 Å². The fraction of sp³-hybridized carbons (Fsp3) is 0.0556. The second-order valence-electron chi connectivity index (χ2n) is 5.51. The molecule has 0 unspecified atom stereocenters. The van der Waals surface area contributed by atoms with E-state index in [9.17, 15) is 5.26 Å². The number of aromatic nitrogens is 4. The fourth-order valence-electron chi connectivity index (χ4n) is 2.85. The zero-order chi connectivity index (χ0) is 16.5. The lowest BCUT2D eigenvalue weighted by Crippen LogP contribution is -1.99. The van der Waals surface area contributed by atoms with Crippen molar-refractivity contribution in [1.29, 1.82) is 5.26 Å². The van der Waals surface area contributed by atoms with Gasteiger partial charge in [-0.15, -0.1) is 0 Å².